The number of imidazole rings is 2. The molecule has 120 valence electrons. The maximum absolute atomic E-state index is 4.66. The normalized spacial score (nSPS) is 12.2. The average Bonchev–Trinajstić information content (AvgIpc) is 3.11. The van der Waals surface area contributed by atoms with Crippen molar-refractivity contribution in [2.45, 2.75) is 19.9 Å². The van der Waals surface area contributed by atoms with Crippen LogP contribution in [0.5, 0.6) is 0 Å². The second kappa shape index (κ2) is 5.60. The van der Waals surface area contributed by atoms with Crippen molar-refractivity contribution in [1.82, 2.24) is 19.1 Å². The van der Waals surface area contributed by atoms with Crippen LogP contribution in [-0.2, 0) is 7.05 Å². The van der Waals surface area contributed by atoms with Gasteiger partial charge in [0.15, 0.2) is 5.82 Å². The molecule has 2 aromatic carbocycles. The molecule has 5 heteroatoms. The summed E-state index contributed by atoms with van der Waals surface area (Å²) in [6.07, 6.45) is 1.79. The Morgan fingerprint density at radius 1 is 0.917 bits per heavy atom. The Bertz CT molecular complexity index is 1050. The molecule has 5 nitrogen and oxygen atoms in total. The minimum atomic E-state index is 0.282. The summed E-state index contributed by atoms with van der Waals surface area (Å²) < 4.78 is 4.19. The zero-order valence-electron chi connectivity index (χ0n) is 14.0. The van der Waals surface area contributed by atoms with Gasteiger partial charge in [-0.2, -0.15) is 0 Å². The summed E-state index contributed by atoms with van der Waals surface area (Å²) in [6.45, 7) is 4.28. The monoisotopic (exact) mass is 317 g/mol. The van der Waals surface area contributed by atoms with Gasteiger partial charge in [0.05, 0.1) is 28.3 Å². The number of benzene rings is 2. The number of aromatic nitrogens is 4. The van der Waals surface area contributed by atoms with Gasteiger partial charge >= 0.3 is 0 Å². The Balaban J connectivity index is 1.82. The van der Waals surface area contributed by atoms with Crippen LogP contribution in [0, 0.1) is 0 Å². The van der Waals surface area contributed by atoms with E-state index >= 15 is 0 Å². The van der Waals surface area contributed by atoms with Gasteiger partial charge in [-0.05, 0) is 38.1 Å². The number of aryl methyl sites for hydroxylation is 1. The highest BCUT2D eigenvalue weighted by molar-refractivity contribution is 5.86. The van der Waals surface area contributed by atoms with Crippen molar-refractivity contribution in [1.29, 1.82) is 0 Å². The molecule has 0 aliphatic heterocycles. The Morgan fingerprint density at radius 2 is 1.54 bits per heavy atom. The summed E-state index contributed by atoms with van der Waals surface area (Å²) in [4.78, 5) is 13.9. The second-order valence-corrected chi connectivity index (χ2v) is 6.14. The molecule has 2 heterocycles. The predicted molar refractivity (Wildman–Crippen MR) is 98.1 cm³/mol. The lowest BCUT2D eigenvalue weighted by atomic mass is 10.3. The van der Waals surface area contributed by atoms with Crippen molar-refractivity contribution in [3.8, 4) is 0 Å². The highest BCUT2D eigenvalue weighted by atomic mass is 15.2. The smallest absolute Gasteiger partial charge is 0.230 e. The molecule has 0 aliphatic rings. The van der Waals surface area contributed by atoms with E-state index < -0.39 is 0 Å². The SMILES string of the molecule is CC(C)n1c(N=Cc2nc3ccccc3n2C)nc2ccccc21. The summed E-state index contributed by atoms with van der Waals surface area (Å²) in [5.41, 5.74) is 4.13. The summed E-state index contributed by atoms with van der Waals surface area (Å²) in [5, 5.41) is 0. The van der Waals surface area contributed by atoms with Crippen LogP contribution >= 0.6 is 0 Å². The number of hydrogen-bond acceptors (Lipinski definition) is 3. The summed E-state index contributed by atoms with van der Waals surface area (Å²) in [5.74, 6) is 1.52. The highest BCUT2D eigenvalue weighted by Crippen LogP contribution is 2.26. The third kappa shape index (κ3) is 2.29. The number of hydrogen-bond donors (Lipinski definition) is 0. The maximum atomic E-state index is 4.66. The van der Waals surface area contributed by atoms with Crippen molar-refractivity contribution in [3.05, 3.63) is 54.4 Å². The molecular weight excluding hydrogens is 298 g/mol. The molecular formula is C19H19N5. The third-order valence-corrected chi connectivity index (χ3v) is 4.21. The van der Waals surface area contributed by atoms with E-state index in [4.69, 9.17) is 0 Å². The fourth-order valence-corrected chi connectivity index (χ4v) is 3.03. The van der Waals surface area contributed by atoms with Gasteiger partial charge in [0.25, 0.3) is 0 Å². The molecule has 0 unspecified atom stereocenters. The molecule has 0 aliphatic carbocycles. The van der Waals surface area contributed by atoms with Crippen LogP contribution in [0.1, 0.15) is 25.7 Å². The Kier molecular flexibility index (Phi) is 3.41. The first-order chi connectivity index (χ1) is 11.6. The molecule has 0 bridgehead atoms. The van der Waals surface area contributed by atoms with Gasteiger partial charge in [-0.15, -0.1) is 0 Å². The van der Waals surface area contributed by atoms with Crippen molar-refractivity contribution in [2.75, 3.05) is 0 Å². The fourth-order valence-electron chi connectivity index (χ4n) is 3.03. The molecule has 0 saturated heterocycles. The standard InChI is InChI=1S/C19H19N5/c1-13(2)24-17-11-7-5-9-15(17)22-19(24)20-12-18-21-14-8-4-6-10-16(14)23(18)3/h4-13H,1-3H3. The van der Waals surface area contributed by atoms with Crippen LogP contribution < -0.4 is 0 Å². The topological polar surface area (TPSA) is 48.0 Å². The minimum absolute atomic E-state index is 0.282. The van der Waals surface area contributed by atoms with Crippen molar-refractivity contribution >= 4 is 34.2 Å². The van der Waals surface area contributed by atoms with Crippen LogP contribution in [0.3, 0.4) is 0 Å². The summed E-state index contributed by atoms with van der Waals surface area (Å²) in [7, 11) is 2.00. The van der Waals surface area contributed by atoms with E-state index in [0.29, 0.717) is 5.95 Å². The van der Waals surface area contributed by atoms with E-state index in [1.807, 2.05) is 48.0 Å². The molecule has 0 saturated carbocycles. The number of aliphatic imine (C=N–C) groups is 1. The van der Waals surface area contributed by atoms with E-state index in [-0.39, 0.29) is 6.04 Å². The van der Waals surface area contributed by atoms with Gasteiger partial charge in [0.2, 0.25) is 5.95 Å². The predicted octanol–water partition coefficient (Wildman–Crippen LogP) is 4.25. The van der Waals surface area contributed by atoms with Crippen molar-refractivity contribution in [3.63, 3.8) is 0 Å². The molecule has 4 aromatic rings. The second-order valence-electron chi connectivity index (χ2n) is 6.14. The first kappa shape index (κ1) is 14.6. The van der Waals surface area contributed by atoms with E-state index in [0.717, 1.165) is 27.9 Å². The van der Waals surface area contributed by atoms with Crippen LogP contribution in [0.15, 0.2) is 53.5 Å². The lowest BCUT2D eigenvalue weighted by Crippen LogP contribution is -2.01. The average molecular weight is 317 g/mol. The van der Waals surface area contributed by atoms with Gasteiger partial charge in [-0.25, -0.2) is 15.0 Å². The fraction of sp³-hybridized carbons (Fsp3) is 0.211. The Hall–Kier alpha value is -2.95. The van der Waals surface area contributed by atoms with Crippen LogP contribution in [0.4, 0.5) is 5.95 Å². The number of fused-ring (bicyclic) bond motifs is 2. The molecule has 24 heavy (non-hydrogen) atoms. The lowest BCUT2D eigenvalue weighted by molar-refractivity contribution is 0.622. The molecule has 0 fully saturated rings. The number of rotatable bonds is 3. The molecule has 0 amide bonds. The van der Waals surface area contributed by atoms with Crippen LogP contribution in [-0.4, -0.2) is 25.3 Å². The van der Waals surface area contributed by atoms with E-state index in [1.54, 1.807) is 6.21 Å². The molecule has 0 radical (unpaired) electrons. The first-order valence-corrected chi connectivity index (χ1v) is 8.07. The molecule has 0 atom stereocenters. The van der Waals surface area contributed by atoms with Crippen molar-refractivity contribution in [2.24, 2.45) is 12.0 Å². The van der Waals surface area contributed by atoms with Gasteiger partial charge in [-0.1, -0.05) is 24.3 Å². The highest BCUT2D eigenvalue weighted by Gasteiger charge is 2.12. The van der Waals surface area contributed by atoms with Gasteiger partial charge in [0, 0.05) is 13.1 Å². The number of nitrogens with zero attached hydrogens (tertiary/aromatic N) is 5. The summed E-state index contributed by atoms with van der Waals surface area (Å²) in [6, 6.07) is 16.5. The minimum Gasteiger partial charge on any atom is -0.326 e. The van der Waals surface area contributed by atoms with E-state index in [2.05, 4.69) is 45.5 Å². The largest absolute Gasteiger partial charge is 0.326 e. The first-order valence-electron chi connectivity index (χ1n) is 8.07. The quantitative estimate of drug-likeness (QED) is 0.530. The molecule has 4 rings (SSSR count). The number of para-hydroxylation sites is 4. The zero-order chi connectivity index (χ0) is 16.7. The van der Waals surface area contributed by atoms with E-state index in [9.17, 15) is 0 Å². The van der Waals surface area contributed by atoms with Crippen LogP contribution in [0.25, 0.3) is 22.1 Å². The summed E-state index contributed by atoms with van der Waals surface area (Å²) >= 11 is 0. The molecule has 2 aromatic heterocycles. The molecule has 0 N–H and O–H groups in total. The van der Waals surface area contributed by atoms with Crippen LogP contribution in [0.2, 0.25) is 0 Å². The maximum Gasteiger partial charge on any atom is 0.230 e. The van der Waals surface area contributed by atoms with Gasteiger partial charge in [-0.3, -0.25) is 0 Å². The third-order valence-electron chi connectivity index (χ3n) is 4.21. The van der Waals surface area contributed by atoms with Gasteiger partial charge < -0.3 is 9.13 Å². The Labute approximate surface area is 140 Å². The molecule has 0 spiro atoms. The lowest BCUT2D eigenvalue weighted by Gasteiger charge is -2.09. The van der Waals surface area contributed by atoms with Gasteiger partial charge in [0.1, 0.15) is 0 Å². The zero-order valence-corrected chi connectivity index (χ0v) is 14.0. The Morgan fingerprint density at radius 3 is 2.21 bits per heavy atom. The van der Waals surface area contributed by atoms with Crippen molar-refractivity contribution < 1.29 is 0 Å². The van der Waals surface area contributed by atoms with E-state index in [1.165, 1.54) is 0 Å².